The van der Waals surface area contributed by atoms with Gasteiger partial charge in [-0.2, -0.15) is 0 Å². The van der Waals surface area contributed by atoms with Crippen LogP contribution in [0, 0.1) is 13.8 Å². The average molecular weight is 294 g/mol. The van der Waals surface area contributed by atoms with Gasteiger partial charge in [-0.1, -0.05) is 6.07 Å². The van der Waals surface area contributed by atoms with Crippen molar-refractivity contribution in [2.75, 3.05) is 0 Å². The van der Waals surface area contributed by atoms with Gasteiger partial charge in [-0.25, -0.2) is 4.98 Å². The van der Waals surface area contributed by atoms with E-state index < -0.39 is 5.75 Å². The summed E-state index contributed by atoms with van der Waals surface area (Å²) in [6.07, 6.45) is 0. The van der Waals surface area contributed by atoms with Crippen LogP contribution >= 0.6 is 11.3 Å². The van der Waals surface area contributed by atoms with Crippen LogP contribution in [0.4, 0.5) is 0 Å². The highest BCUT2D eigenvalue weighted by atomic mass is 32.1. The Morgan fingerprint density at radius 1 is 1.20 bits per heavy atom. The van der Waals surface area contributed by atoms with Crippen molar-refractivity contribution in [1.82, 2.24) is 10.3 Å². The predicted octanol–water partition coefficient (Wildman–Crippen LogP) is 2.73. The highest BCUT2D eigenvalue weighted by molar-refractivity contribution is 7.11. The van der Waals surface area contributed by atoms with E-state index in [2.05, 4.69) is 10.3 Å². The number of aromatic nitrogens is 1. The maximum atomic E-state index is 9.76. The molecule has 1 aromatic heterocycles. The third-order valence-electron chi connectivity index (χ3n) is 3.14. The van der Waals surface area contributed by atoms with Crippen LogP contribution in [-0.4, -0.2) is 20.3 Å². The summed E-state index contributed by atoms with van der Waals surface area (Å²) in [6.45, 7) is 6.35. The van der Waals surface area contributed by atoms with E-state index >= 15 is 0 Å². The molecule has 6 heteroatoms. The number of phenols is 3. The molecule has 5 nitrogen and oxygen atoms in total. The smallest absolute Gasteiger partial charge is 0.200 e. The van der Waals surface area contributed by atoms with E-state index in [1.54, 1.807) is 17.4 Å². The van der Waals surface area contributed by atoms with Gasteiger partial charge in [-0.3, -0.25) is 0 Å². The highest BCUT2D eigenvalue weighted by Gasteiger charge is 2.15. The zero-order valence-electron chi connectivity index (χ0n) is 11.6. The van der Waals surface area contributed by atoms with Crippen molar-refractivity contribution in [3.8, 4) is 17.2 Å². The molecule has 0 aliphatic carbocycles. The van der Waals surface area contributed by atoms with Gasteiger partial charge < -0.3 is 20.6 Å². The number of hydrogen-bond acceptors (Lipinski definition) is 6. The van der Waals surface area contributed by atoms with Gasteiger partial charge in [-0.05, 0) is 26.8 Å². The topological polar surface area (TPSA) is 85.6 Å². The first-order valence-electron chi connectivity index (χ1n) is 6.30. The Labute approximate surface area is 121 Å². The van der Waals surface area contributed by atoms with Gasteiger partial charge in [-0.15, -0.1) is 11.3 Å². The Kier molecular flexibility index (Phi) is 4.15. The first kappa shape index (κ1) is 14.6. The van der Waals surface area contributed by atoms with Gasteiger partial charge in [0.25, 0.3) is 0 Å². The minimum Gasteiger partial charge on any atom is -0.504 e. The van der Waals surface area contributed by atoms with E-state index in [1.165, 1.54) is 6.07 Å². The van der Waals surface area contributed by atoms with Crippen molar-refractivity contribution in [3.63, 3.8) is 0 Å². The molecule has 0 radical (unpaired) electrons. The number of phenolic OH excluding ortho intramolecular Hbond substituents is 3. The van der Waals surface area contributed by atoms with Crippen LogP contribution in [0.15, 0.2) is 12.1 Å². The quantitative estimate of drug-likeness (QED) is 0.651. The number of hydrogen-bond donors (Lipinski definition) is 4. The van der Waals surface area contributed by atoms with Crippen LogP contribution < -0.4 is 5.32 Å². The molecule has 1 heterocycles. The summed E-state index contributed by atoms with van der Waals surface area (Å²) in [6, 6.07) is 3.03. The van der Waals surface area contributed by atoms with E-state index in [0.29, 0.717) is 12.1 Å². The molecule has 0 aliphatic rings. The Bertz CT molecular complexity index is 625. The summed E-state index contributed by atoms with van der Waals surface area (Å²) in [5.41, 5.74) is 1.54. The van der Waals surface area contributed by atoms with Crippen molar-refractivity contribution >= 4 is 11.3 Å². The Hall–Kier alpha value is -1.79. The molecule has 2 aromatic rings. The van der Waals surface area contributed by atoms with Crippen LogP contribution in [0.3, 0.4) is 0 Å². The zero-order valence-corrected chi connectivity index (χ0v) is 12.5. The Balaban J connectivity index is 2.09. The van der Waals surface area contributed by atoms with Gasteiger partial charge in [0.15, 0.2) is 11.5 Å². The van der Waals surface area contributed by atoms with Gasteiger partial charge >= 0.3 is 0 Å². The molecular formula is C14H18N2O3S. The first-order valence-corrected chi connectivity index (χ1v) is 7.12. The summed E-state index contributed by atoms with van der Waals surface area (Å²) >= 11 is 1.64. The minimum absolute atomic E-state index is 0.0940. The molecule has 2 rings (SSSR count). The predicted molar refractivity (Wildman–Crippen MR) is 78.3 cm³/mol. The number of aromatic hydroxyl groups is 3. The van der Waals surface area contributed by atoms with Gasteiger partial charge in [0.05, 0.1) is 10.7 Å². The largest absolute Gasteiger partial charge is 0.504 e. The fourth-order valence-corrected chi connectivity index (χ4v) is 3.01. The molecule has 108 valence electrons. The molecule has 0 fully saturated rings. The summed E-state index contributed by atoms with van der Waals surface area (Å²) < 4.78 is 0. The molecule has 20 heavy (non-hydrogen) atoms. The average Bonchev–Trinajstić information content (AvgIpc) is 2.74. The lowest BCUT2D eigenvalue weighted by molar-refractivity contribution is 0.363. The van der Waals surface area contributed by atoms with Crippen LogP contribution in [0.1, 0.15) is 34.1 Å². The molecule has 1 unspecified atom stereocenters. The number of nitrogens with one attached hydrogen (secondary N) is 1. The van der Waals surface area contributed by atoms with Crippen LogP contribution in [0.5, 0.6) is 17.2 Å². The van der Waals surface area contributed by atoms with E-state index in [4.69, 9.17) is 0 Å². The third kappa shape index (κ3) is 2.86. The van der Waals surface area contributed by atoms with Crippen LogP contribution in [0.25, 0.3) is 0 Å². The van der Waals surface area contributed by atoms with Crippen LogP contribution in [0.2, 0.25) is 0 Å². The summed E-state index contributed by atoms with van der Waals surface area (Å²) in [5, 5.41) is 32.8. The second-order valence-corrected chi connectivity index (χ2v) is 5.96. The van der Waals surface area contributed by atoms with Gasteiger partial charge in [0.2, 0.25) is 5.75 Å². The standard InChI is InChI=1S/C14H18N2O3S/c1-7(14-8(2)16-9(3)20-14)15-6-10-4-5-11(17)13(19)12(10)18/h4-5,7,15,17-19H,6H2,1-3H3. The van der Waals surface area contributed by atoms with Crippen molar-refractivity contribution in [2.24, 2.45) is 0 Å². The Morgan fingerprint density at radius 3 is 2.50 bits per heavy atom. The minimum atomic E-state index is -0.484. The number of thiazole rings is 1. The number of aryl methyl sites for hydroxylation is 2. The Morgan fingerprint density at radius 2 is 1.90 bits per heavy atom. The number of nitrogens with zero attached hydrogens (tertiary/aromatic N) is 1. The summed E-state index contributed by atoms with van der Waals surface area (Å²) in [4.78, 5) is 5.54. The maximum absolute atomic E-state index is 9.76. The SMILES string of the molecule is Cc1nc(C)c(C(C)NCc2ccc(O)c(O)c2O)s1. The fourth-order valence-electron chi connectivity index (χ4n) is 2.06. The normalized spacial score (nSPS) is 12.6. The third-order valence-corrected chi connectivity index (χ3v) is 4.40. The number of rotatable bonds is 4. The molecule has 4 N–H and O–H groups in total. The van der Waals surface area contributed by atoms with Crippen molar-refractivity contribution in [2.45, 2.75) is 33.4 Å². The lowest BCUT2D eigenvalue weighted by Crippen LogP contribution is -2.18. The molecule has 0 saturated carbocycles. The molecule has 1 aromatic carbocycles. The molecule has 0 spiro atoms. The molecule has 1 atom stereocenters. The molecular weight excluding hydrogens is 276 g/mol. The monoisotopic (exact) mass is 294 g/mol. The molecule has 0 amide bonds. The lowest BCUT2D eigenvalue weighted by atomic mass is 10.1. The number of benzene rings is 1. The second kappa shape index (κ2) is 5.68. The second-order valence-electron chi connectivity index (χ2n) is 4.73. The lowest BCUT2D eigenvalue weighted by Gasteiger charge is -2.14. The summed E-state index contributed by atoms with van der Waals surface area (Å²) in [5.74, 6) is -1.10. The van der Waals surface area contributed by atoms with E-state index in [0.717, 1.165) is 15.6 Å². The maximum Gasteiger partial charge on any atom is 0.200 e. The summed E-state index contributed by atoms with van der Waals surface area (Å²) in [7, 11) is 0. The zero-order chi connectivity index (χ0) is 14.9. The van der Waals surface area contributed by atoms with Crippen LogP contribution in [-0.2, 0) is 6.54 Å². The van der Waals surface area contributed by atoms with Gasteiger partial charge in [0, 0.05) is 23.0 Å². The highest BCUT2D eigenvalue weighted by Crippen LogP contribution is 2.37. The van der Waals surface area contributed by atoms with Crippen molar-refractivity contribution in [3.05, 3.63) is 33.3 Å². The van der Waals surface area contributed by atoms with E-state index in [1.807, 2.05) is 20.8 Å². The van der Waals surface area contributed by atoms with E-state index in [-0.39, 0.29) is 17.5 Å². The van der Waals surface area contributed by atoms with Crippen molar-refractivity contribution < 1.29 is 15.3 Å². The van der Waals surface area contributed by atoms with Crippen molar-refractivity contribution in [1.29, 1.82) is 0 Å². The first-order chi connectivity index (χ1) is 9.40. The molecule has 0 bridgehead atoms. The fraction of sp³-hybridized carbons (Fsp3) is 0.357. The molecule has 0 saturated heterocycles. The molecule has 0 aliphatic heterocycles. The van der Waals surface area contributed by atoms with Gasteiger partial charge in [0.1, 0.15) is 0 Å². The van der Waals surface area contributed by atoms with E-state index in [9.17, 15) is 15.3 Å².